The second-order valence-corrected chi connectivity index (χ2v) is 3.36. The first kappa shape index (κ1) is 7.88. The predicted molar refractivity (Wildman–Crippen MR) is 40.8 cm³/mol. The molecular weight excluding hydrogens is 150 g/mol. The quantitative estimate of drug-likeness (QED) is 0.550. The van der Waals surface area contributed by atoms with Gasteiger partial charge in [0.1, 0.15) is 0 Å². The summed E-state index contributed by atoms with van der Waals surface area (Å²) < 4.78 is 1.75. The molecule has 1 heterocycles. The molecule has 3 nitrogen and oxygen atoms in total. The van der Waals surface area contributed by atoms with Crippen molar-refractivity contribution < 1.29 is 9.90 Å². The highest BCUT2D eigenvalue weighted by Gasteiger charge is 2.33. The van der Waals surface area contributed by atoms with E-state index >= 15 is 0 Å². The van der Waals surface area contributed by atoms with Crippen molar-refractivity contribution in [2.24, 2.45) is 11.8 Å². The third kappa shape index (κ3) is 1.44. The lowest BCUT2D eigenvalue weighted by Crippen LogP contribution is -2.20. The van der Waals surface area contributed by atoms with Crippen molar-refractivity contribution >= 4 is 18.8 Å². The minimum atomic E-state index is -0.705. The zero-order valence-electron chi connectivity index (χ0n) is 5.82. The Kier molecular flexibility index (Phi) is 2.21. The Morgan fingerprint density at radius 1 is 1.70 bits per heavy atom. The van der Waals surface area contributed by atoms with E-state index in [2.05, 4.69) is 12.8 Å². The Labute approximate surface area is 65.6 Å². The summed E-state index contributed by atoms with van der Waals surface area (Å²) in [4.78, 5) is 10.5. The van der Waals surface area contributed by atoms with Crippen LogP contribution in [0.25, 0.3) is 0 Å². The number of carboxylic acids is 1. The number of rotatable bonds is 1. The van der Waals surface area contributed by atoms with Crippen molar-refractivity contribution in [2.75, 3.05) is 13.1 Å². The van der Waals surface area contributed by atoms with Gasteiger partial charge in [-0.1, -0.05) is 19.7 Å². The van der Waals surface area contributed by atoms with Crippen LogP contribution in [0.2, 0.25) is 0 Å². The summed E-state index contributed by atoms with van der Waals surface area (Å²) >= 11 is 4.08. The Balaban J connectivity index is 2.54. The predicted octanol–water partition coefficient (Wildman–Crippen LogP) is 0.484. The normalized spacial score (nSPS) is 34.6. The molecule has 0 aliphatic carbocycles. The first-order valence-corrected chi connectivity index (χ1v) is 3.68. The van der Waals surface area contributed by atoms with E-state index in [9.17, 15) is 4.79 Å². The van der Waals surface area contributed by atoms with Crippen molar-refractivity contribution in [1.82, 2.24) is 4.31 Å². The lowest BCUT2D eigenvalue weighted by atomic mass is 9.99. The number of nitrogens with zero attached hydrogens (tertiary/aromatic N) is 1. The highest BCUT2D eigenvalue weighted by molar-refractivity contribution is 7.77. The van der Waals surface area contributed by atoms with Gasteiger partial charge in [-0.05, 0) is 5.92 Å². The second kappa shape index (κ2) is 2.80. The number of carbonyl (C=O) groups is 1. The molecule has 1 N–H and O–H groups in total. The summed E-state index contributed by atoms with van der Waals surface area (Å²) in [5.74, 6) is -0.698. The maximum absolute atomic E-state index is 10.5. The van der Waals surface area contributed by atoms with E-state index in [1.807, 2.05) is 6.92 Å². The number of thiol groups is 1. The molecule has 1 aliphatic rings. The molecule has 0 spiro atoms. The highest BCUT2D eigenvalue weighted by atomic mass is 32.1. The molecule has 1 aliphatic heterocycles. The van der Waals surface area contributed by atoms with Crippen LogP contribution in [0, 0.1) is 11.8 Å². The minimum Gasteiger partial charge on any atom is -0.481 e. The summed E-state index contributed by atoms with van der Waals surface area (Å²) in [6.45, 7) is 3.29. The van der Waals surface area contributed by atoms with Crippen molar-refractivity contribution in [3.8, 4) is 0 Å². The number of aliphatic carboxylic acids is 1. The molecule has 1 saturated heterocycles. The van der Waals surface area contributed by atoms with Gasteiger partial charge in [0.2, 0.25) is 0 Å². The van der Waals surface area contributed by atoms with Gasteiger partial charge in [0, 0.05) is 13.1 Å². The Bertz CT molecular complexity index is 151. The lowest BCUT2D eigenvalue weighted by molar-refractivity contribution is -0.142. The van der Waals surface area contributed by atoms with E-state index in [-0.39, 0.29) is 11.8 Å². The fraction of sp³-hybridized carbons (Fsp3) is 0.833. The Morgan fingerprint density at radius 3 is 2.50 bits per heavy atom. The standard InChI is InChI=1S/C6H11NO2S/c1-4-2-7(10)3-5(4)6(8)9/h4-5,10H,2-3H2,1H3,(H,8,9). The van der Waals surface area contributed by atoms with E-state index in [0.717, 1.165) is 6.54 Å². The monoisotopic (exact) mass is 161 g/mol. The Hall–Kier alpha value is -0.220. The van der Waals surface area contributed by atoms with E-state index in [1.165, 1.54) is 0 Å². The van der Waals surface area contributed by atoms with Crippen LogP contribution >= 0.6 is 12.8 Å². The SMILES string of the molecule is CC1CN(S)CC1C(=O)O. The van der Waals surface area contributed by atoms with Crippen LogP contribution in [-0.4, -0.2) is 28.5 Å². The first-order chi connectivity index (χ1) is 4.61. The van der Waals surface area contributed by atoms with Gasteiger partial charge in [-0.25, -0.2) is 0 Å². The summed E-state index contributed by atoms with van der Waals surface area (Å²) in [6.07, 6.45) is 0. The number of hydrogen-bond acceptors (Lipinski definition) is 3. The van der Waals surface area contributed by atoms with Crippen LogP contribution < -0.4 is 0 Å². The van der Waals surface area contributed by atoms with Crippen molar-refractivity contribution in [3.05, 3.63) is 0 Å². The topological polar surface area (TPSA) is 40.5 Å². The molecule has 0 aromatic rings. The van der Waals surface area contributed by atoms with Gasteiger partial charge in [0.25, 0.3) is 0 Å². The molecular formula is C6H11NO2S. The molecule has 0 aromatic heterocycles. The zero-order valence-corrected chi connectivity index (χ0v) is 6.71. The number of carboxylic acid groups (broad SMARTS) is 1. The molecule has 4 heteroatoms. The van der Waals surface area contributed by atoms with Crippen molar-refractivity contribution in [3.63, 3.8) is 0 Å². The van der Waals surface area contributed by atoms with Crippen molar-refractivity contribution in [2.45, 2.75) is 6.92 Å². The third-order valence-corrected chi connectivity index (χ3v) is 2.24. The van der Waals surface area contributed by atoms with Gasteiger partial charge in [0.15, 0.2) is 0 Å². The molecule has 0 radical (unpaired) electrons. The maximum Gasteiger partial charge on any atom is 0.308 e. The van der Waals surface area contributed by atoms with Gasteiger partial charge in [0.05, 0.1) is 5.92 Å². The molecule has 2 unspecified atom stereocenters. The minimum absolute atomic E-state index is 0.225. The zero-order chi connectivity index (χ0) is 7.72. The first-order valence-electron chi connectivity index (χ1n) is 3.28. The smallest absolute Gasteiger partial charge is 0.308 e. The maximum atomic E-state index is 10.5. The van der Waals surface area contributed by atoms with Gasteiger partial charge in [-0.3, -0.25) is 9.10 Å². The number of hydrogen-bond donors (Lipinski definition) is 2. The highest BCUT2D eigenvalue weighted by Crippen LogP contribution is 2.23. The van der Waals surface area contributed by atoms with Crippen molar-refractivity contribution in [1.29, 1.82) is 0 Å². The van der Waals surface area contributed by atoms with Gasteiger partial charge >= 0.3 is 5.97 Å². The van der Waals surface area contributed by atoms with Crippen LogP contribution in [0.5, 0.6) is 0 Å². The van der Waals surface area contributed by atoms with Crippen LogP contribution in [0.4, 0.5) is 0 Å². The van der Waals surface area contributed by atoms with E-state index in [1.54, 1.807) is 4.31 Å². The second-order valence-electron chi connectivity index (χ2n) is 2.79. The summed E-state index contributed by atoms with van der Waals surface area (Å²) in [5, 5.41) is 8.64. The molecule has 10 heavy (non-hydrogen) atoms. The molecule has 0 aromatic carbocycles. The van der Waals surface area contributed by atoms with Crippen LogP contribution in [-0.2, 0) is 4.79 Å². The average Bonchev–Trinajstić information content (AvgIpc) is 2.10. The molecule has 2 atom stereocenters. The summed E-state index contributed by atoms with van der Waals surface area (Å²) in [6, 6.07) is 0. The van der Waals surface area contributed by atoms with E-state index in [0.29, 0.717) is 6.54 Å². The molecule has 1 fully saturated rings. The van der Waals surface area contributed by atoms with Crippen LogP contribution in [0.1, 0.15) is 6.92 Å². The summed E-state index contributed by atoms with van der Waals surface area (Å²) in [7, 11) is 0. The fourth-order valence-electron chi connectivity index (χ4n) is 1.26. The van der Waals surface area contributed by atoms with E-state index in [4.69, 9.17) is 5.11 Å². The van der Waals surface area contributed by atoms with E-state index < -0.39 is 5.97 Å². The molecule has 0 bridgehead atoms. The van der Waals surface area contributed by atoms with Gasteiger partial charge in [-0.2, -0.15) is 0 Å². The van der Waals surface area contributed by atoms with Gasteiger partial charge in [-0.15, -0.1) is 0 Å². The Morgan fingerprint density at radius 2 is 2.30 bits per heavy atom. The van der Waals surface area contributed by atoms with Gasteiger partial charge < -0.3 is 5.11 Å². The lowest BCUT2D eigenvalue weighted by Gasteiger charge is -2.05. The molecule has 0 saturated carbocycles. The third-order valence-electron chi connectivity index (χ3n) is 1.91. The average molecular weight is 161 g/mol. The largest absolute Gasteiger partial charge is 0.481 e. The van der Waals surface area contributed by atoms with Crippen LogP contribution in [0.15, 0.2) is 0 Å². The summed E-state index contributed by atoms with van der Waals surface area (Å²) in [5.41, 5.74) is 0. The molecule has 1 rings (SSSR count). The molecule has 0 amide bonds. The fourth-order valence-corrected chi connectivity index (χ4v) is 1.70. The van der Waals surface area contributed by atoms with Crippen LogP contribution in [0.3, 0.4) is 0 Å². The molecule has 58 valence electrons.